The van der Waals surface area contributed by atoms with Gasteiger partial charge >= 0.3 is 0 Å². The Morgan fingerprint density at radius 1 is 1.06 bits per heavy atom. The molecule has 1 aliphatic carbocycles. The summed E-state index contributed by atoms with van der Waals surface area (Å²) in [5.41, 5.74) is 5.80. The zero-order valence-corrected chi connectivity index (χ0v) is 9.94. The Morgan fingerprint density at radius 3 is 2.44 bits per heavy atom. The van der Waals surface area contributed by atoms with Crippen LogP contribution in [0.25, 0.3) is 0 Å². The van der Waals surface area contributed by atoms with Gasteiger partial charge in [-0.1, -0.05) is 30.8 Å². The van der Waals surface area contributed by atoms with Crippen LogP contribution in [0.15, 0.2) is 5.16 Å². The SMILES string of the molecule is NC(=NO)C1CCCCN1C1CCCCC1. The number of nitrogens with two attached hydrogens (primary N) is 1. The number of hydrogen-bond donors (Lipinski definition) is 2. The zero-order chi connectivity index (χ0) is 11.4. The predicted molar refractivity (Wildman–Crippen MR) is 64.6 cm³/mol. The second kappa shape index (κ2) is 5.53. The molecule has 1 aliphatic heterocycles. The molecule has 0 aromatic heterocycles. The van der Waals surface area contributed by atoms with Crippen molar-refractivity contribution >= 4 is 5.84 Å². The minimum Gasteiger partial charge on any atom is -0.409 e. The summed E-state index contributed by atoms with van der Waals surface area (Å²) in [4.78, 5) is 2.48. The van der Waals surface area contributed by atoms with Crippen LogP contribution in [0.1, 0.15) is 51.4 Å². The van der Waals surface area contributed by atoms with E-state index in [4.69, 9.17) is 10.9 Å². The Hall–Kier alpha value is -0.770. The second-order valence-corrected chi connectivity index (χ2v) is 5.07. The highest BCUT2D eigenvalue weighted by atomic mass is 16.4. The van der Waals surface area contributed by atoms with Crippen molar-refractivity contribution in [1.29, 1.82) is 0 Å². The highest BCUT2D eigenvalue weighted by molar-refractivity contribution is 5.85. The molecule has 0 spiro atoms. The van der Waals surface area contributed by atoms with Crippen molar-refractivity contribution in [3.8, 4) is 0 Å². The van der Waals surface area contributed by atoms with Crippen molar-refractivity contribution in [2.45, 2.75) is 63.5 Å². The molecule has 0 bridgehead atoms. The lowest BCUT2D eigenvalue weighted by molar-refractivity contribution is 0.102. The van der Waals surface area contributed by atoms with E-state index >= 15 is 0 Å². The maximum absolute atomic E-state index is 8.84. The molecule has 0 radical (unpaired) electrons. The van der Waals surface area contributed by atoms with Gasteiger partial charge < -0.3 is 10.9 Å². The Bertz CT molecular complexity index is 249. The summed E-state index contributed by atoms with van der Waals surface area (Å²) in [6.45, 7) is 1.12. The monoisotopic (exact) mass is 225 g/mol. The molecular formula is C12H23N3O. The van der Waals surface area contributed by atoms with Gasteiger partial charge in [0.05, 0.1) is 6.04 Å². The van der Waals surface area contributed by atoms with Crippen molar-refractivity contribution in [3.05, 3.63) is 0 Å². The van der Waals surface area contributed by atoms with Crippen molar-refractivity contribution < 1.29 is 5.21 Å². The van der Waals surface area contributed by atoms with Gasteiger partial charge in [0.1, 0.15) is 0 Å². The maximum Gasteiger partial charge on any atom is 0.156 e. The Balaban J connectivity index is 2.03. The number of oxime groups is 1. The third-order valence-corrected chi connectivity index (χ3v) is 4.04. The van der Waals surface area contributed by atoms with E-state index < -0.39 is 0 Å². The molecule has 1 heterocycles. The molecule has 16 heavy (non-hydrogen) atoms. The van der Waals surface area contributed by atoms with Gasteiger partial charge in [-0.05, 0) is 32.2 Å². The summed E-state index contributed by atoms with van der Waals surface area (Å²) >= 11 is 0. The molecule has 3 N–H and O–H groups in total. The van der Waals surface area contributed by atoms with E-state index in [1.807, 2.05) is 0 Å². The Labute approximate surface area is 97.5 Å². The highest BCUT2D eigenvalue weighted by Crippen LogP contribution is 2.28. The van der Waals surface area contributed by atoms with Gasteiger partial charge in [0.2, 0.25) is 0 Å². The molecule has 92 valence electrons. The number of amidine groups is 1. The minimum atomic E-state index is 0.182. The molecule has 2 rings (SSSR count). The van der Waals surface area contributed by atoms with Crippen LogP contribution in [0.4, 0.5) is 0 Å². The van der Waals surface area contributed by atoms with E-state index in [9.17, 15) is 0 Å². The fourth-order valence-corrected chi connectivity index (χ4v) is 3.19. The van der Waals surface area contributed by atoms with Gasteiger partial charge in [0.25, 0.3) is 0 Å². The largest absolute Gasteiger partial charge is 0.409 e. The molecule has 1 unspecified atom stereocenters. The minimum absolute atomic E-state index is 0.182. The molecule has 0 aromatic carbocycles. The first-order valence-corrected chi connectivity index (χ1v) is 6.56. The molecule has 2 fully saturated rings. The maximum atomic E-state index is 8.84. The third-order valence-electron chi connectivity index (χ3n) is 4.04. The quantitative estimate of drug-likeness (QED) is 0.327. The van der Waals surface area contributed by atoms with E-state index in [0.717, 1.165) is 13.0 Å². The molecular weight excluding hydrogens is 202 g/mol. The summed E-state index contributed by atoms with van der Waals surface area (Å²) in [5.74, 6) is 0.408. The lowest BCUT2D eigenvalue weighted by atomic mass is 9.90. The van der Waals surface area contributed by atoms with Crippen molar-refractivity contribution in [2.75, 3.05) is 6.54 Å². The van der Waals surface area contributed by atoms with E-state index in [2.05, 4.69) is 10.1 Å². The van der Waals surface area contributed by atoms with E-state index in [1.54, 1.807) is 0 Å². The standard InChI is InChI=1S/C12H23N3O/c13-12(14-16)11-8-4-5-9-15(11)10-6-2-1-3-7-10/h10-11,16H,1-9H2,(H2,13,14). The van der Waals surface area contributed by atoms with Crippen molar-refractivity contribution in [1.82, 2.24) is 4.90 Å². The van der Waals surface area contributed by atoms with Crippen LogP contribution in [0.5, 0.6) is 0 Å². The average Bonchev–Trinajstić information content (AvgIpc) is 2.39. The normalized spacial score (nSPS) is 30.5. The fourth-order valence-electron chi connectivity index (χ4n) is 3.19. The van der Waals surface area contributed by atoms with Gasteiger partial charge in [0.15, 0.2) is 5.84 Å². The number of rotatable bonds is 2. The van der Waals surface area contributed by atoms with Crippen LogP contribution < -0.4 is 5.73 Å². The number of hydrogen-bond acceptors (Lipinski definition) is 3. The first kappa shape index (κ1) is 11.7. The summed E-state index contributed by atoms with van der Waals surface area (Å²) < 4.78 is 0. The molecule has 2 aliphatic rings. The summed E-state index contributed by atoms with van der Waals surface area (Å²) in [5, 5.41) is 12.0. The molecule has 0 aromatic rings. The molecule has 1 saturated carbocycles. The number of likely N-dealkylation sites (tertiary alicyclic amines) is 1. The van der Waals surface area contributed by atoms with E-state index in [1.165, 1.54) is 44.9 Å². The smallest absolute Gasteiger partial charge is 0.156 e. The van der Waals surface area contributed by atoms with Crippen LogP contribution in [-0.2, 0) is 0 Å². The predicted octanol–water partition coefficient (Wildman–Crippen LogP) is 1.92. The lowest BCUT2D eigenvalue weighted by Gasteiger charge is -2.42. The van der Waals surface area contributed by atoms with Crippen LogP contribution in [0, 0.1) is 0 Å². The van der Waals surface area contributed by atoms with Gasteiger partial charge in [-0.25, -0.2) is 0 Å². The van der Waals surface area contributed by atoms with Gasteiger partial charge in [-0.3, -0.25) is 4.90 Å². The average molecular weight is 225 g/mol. The molecule has 0 amide bonds. The third kappa shape index (κ3) is 2.48. The van der Waals surface area contributed by atoms with Crippen LogP contribution in [0.3, 0.4) is 0 Å². The highest BCUT2D eigenvalue weighted by Gasteiger charge is 2.31. The second-order valence-electron chi connectivity index (χ2n) is 5.07. The molecule has 1 atom stereocenters. The molecule has 4 heteroatoms. The van der Waals surface area contributed by atoms with Crippen molar-refractivity contribution in [2.24, 2.45) is 10.9 Å². The van der Waals surface area contributed by atoms with Crippen molar-refractivity contribution in [3.63, 3.8) is 0 Å². The first-order valence-electron chi connectivity index (χ1n) is 6.56. The summed E-state index contributed by atoms with van der Waals surface area (Å²) in [6.07, 6.45) is 10.1. The van der Waals surface area contributed by atoms with Crippen LogP contribution in [0.2, 0.25) is 0 Å². The first-order chi connectivity index (χ1) is 7.83. The Kier molecular flexibility index (Phi) is 4.04. The van der Waals surface area contributed by atoms with Gasteiger partial charge in [0, 0.05) is 6.04 Å². The van der Waals surface area contributed by atoms with Gasteiger partial charge in [-0.2, -0.15) is 0 Å². The van der Waals surface area contributed by atoms with Crippen LogP contribution >= 0.6 is 0 Å². The van der Waals surface area contributed by atoms with E-state index in [-0.39, 0.29) is 6.04 Å². The van der Waals surface area contributed by atoms with Crippen LogP contribution in [-0.4, -0.2) is 34.6 Å². The zero-order valence-electron chi connectivity index (χ0n) is 9.94. The number of nitrogens with zero attached hydrogens (tertiary/aromatic N) is 2. The molecule has 1 saturated heterocycles. The van der Waals surface area contributed by atoms with Gasteiger partial charge in [-0.15, -0.1) is 0 Å². The summed E-state index contributed by atoms with van der Waals surface area (Å²) in [7, 11) is 0. The Morgan fingerprint density at radius 2 is 1.75 bits per heavy atom. The lowest BCUT2D eigenvalue weighted by Crippen LogP contribution is -2.52. The fraction of sp³-hybridized carbons (Fsp3) is 0.917. The summed E-state index contributed by atoms with van der Waals surface area (Å²) in [6, 6.07) is 0.848. The molecule has 4 nitrogen and oxygen atoms in total. The number of piperidine rings is 1. The topological polar surface area (TPSA) is 61.9 Å². The van der Waals surface area contributed by atoms with E-state index in [0.29, 0.717) is 11.9 Å².